The maximum atomic E-state index is 6.07. The molecule has 102 valence electrons. The first-order valence-corrected chi connectivity index (χ1v) is 6.76. The molecule has 1 heterocycles. The lowest BCUT2D eigenvalue weighted by atomic mass is 10.1. The molecule has 5 heteroatoms. The van der Waals surface area contributed by atoms with Crippen LogP contribution in [0.4, 0.5) is 11.4 Å². The Morgan fingerprint density at radius 1 is 1.30 bits per heavy atom. The summed E-state index contributed by atoms with van der Waals surface area (Å²) in [5.41, 5.74) is 9.73. The van der Waals surface area contributed by atoms with Gasteiger partial charge in [0, 0.05) is 16.5 Å². The van der Waals surface area contributed by atoms with Crippen molar-refractivity contribution < 1.29 is 0 Å². The van der Waals surface area contributed by atoms with Crippen LogP contribution in [-0.4, -0.2) is 10.2 Å². The van der Waals surface area contributed by atoms with Crippen LogP contribution in [0.2, 0.25) is 5.02 Å². The standard InChI is InChI=1S/C15H15ClN4/c1-9(10-3-2-4-12(16)5-10)19-15-7-14-11(6-13(15)17)8-18-20-14/h2-9,19H,17H2,1H3,(H,18,20). The number of H-pyrrole nitrogens is 1. The highest BCUT2D eigenvalue weighted by Gasteiger charge is 2.09. The van der Waals surface area contributed by atoms with Gasteiger partial charge in [-0.1, -0.05) is 23.7 Å². The number of aromatic nitrogens is 2. The number of anilines is 2. The van der Waals surface area contributed by atoms with E-state index in [9.17, 15) is 0 Å². The monoisotopic (exact) mass is 286 g/mol. The zero-order chi connectivity index (χ0) is 14.1. The smallest absolute Gasteiger partial charge is 0.0672 e. The van der Waals surface area contributed by atoms with Gasteiger partial charge in [0.15, 0.2) is 0 Å². The SMILES string of the molecule is CC(Nc1cc2[nH]ncc2cc1N)c1cccc(Cl)c1. The fraction of sp³-hybridized carbons (Fsp3) is 0.133. The van der Waals surface area contributed by atoms with E-state index >= 15 is 0 Å². The van der Waals surface area contributed by atoms with Gasteiger partial charge in [-0.05, 0) is 36.8 Å². The highest BCUT2D eigenvalue weighted by molar-refractivity contribution is 6.30. The summed E-state index contributed by atoms with van der Waals surface area (Å²) in [6.07, 6.45) is 1.76. The highest BCUT2D eigenvalue weighted by Crippen LogP contribution is 2.28. The van der Waals surface area contributed by atoms with E-state index < -0.39 is 0 Å². The molecule has 0 aliphatic heterocycles. The maximum Gasteiger partial charge on any atom is 0.0672 e. The van der Waals surface area contributed by atoms with E-state index in [1.807, 2.05) is 36.4 Å². The molecule has 0 spiro atoms. The molecule has 0 saturated carbocycles. The van der Waals surface area contributed by atoms with Crippen LogP contribution in [0.25, 0.3) is 10.9 Å². The Labute approximate surface area is 121 Å². The lowest BCUT2D eigenvalue weighted by Gasteiger charge is -2.17. The molecule has 0 aliphatic carbocycles. The topological polar surface area (TPSA) is 66.7 Å². The van der Waals surface area contributed by atoms with Crippen molar-refractivity contribution in [1.29, 1.82) is 0 Å². The van der Waals surface area contributed by atoms with Crippen molar-refractivity contribution in [3.05, 3.63) is 53.2 Å². The quantitative estimate of drug-likeness (QED) is 0.638. The number of benzene rings is 2. The van der Waals surface area contributed by atoms with Gasteiger partial charge in [-0.15, -0.1) is 0 Å². The zero-order valence-corrected chi connectivity index (χ0v) is 11.8. The predicted molar refractivity (Wildman–Crippen MR) is 84.0 cm³/mol. The Morgan fingerprint density at radius 3 is 2.95 bits per heavy atom. The molecule has 1 aromatic heterocycles. The van der Waals surface area contributed by atoms with Gasteiger partial charge in [-0.2, -0.15) is 5.10 Å². The molecule has 0 fully saturated rings. The van der Waals surface area contributed by atoms with Crippen LogP contribution in [-0.2, 0) is 0 Å². The molecule has 1 unspecified atom stereocenters. The van der Waals surface area contributed by atoms with E-state index in [0.717, 1.165) is 27.2 Å². The number of nitrogen functional groups attached to an aromatic ring is 1. The number of rotatable bonds is 3. The minimum absolute atomic E-state index is 0.108. The van der Waals surface area contributed by atoms with Crippen molar-refractivity contribution in [3.8, 4) is 0 Å². The maximum absolute atomic E-state index is 6.07. The first-order chi connectivity index (χ1) is 9.63. The van der Waals surface area contributed by atoms with Crippen molar-refractivity contribution in [3.63, 3.8) is 0 Å². The first kappa shape index (κ1) is 12.8. The molecule has 4 nitrogen and oxygen atoms in total. The second-order valence-corrected chi connectivity index (χ2v) is 5.25. The lowest BCUT2D eigenvalue weighted by Crippen LogP contribution is -2.08. The van der Waals surface area contributed by atoms with E-state index in [0.29, 0.717) is 5.69 Å². The van der Waals surface area contributed by atoms with E-state index in [1.54, 1.807) is 6.20 Å². The summed E-state index contributed by atoms with van der Waals surface area (Å²) in [6.45, 7) is 2.07. The van der Waals surface area contributed by atoms with Crippen LogP contribution >= 0.6 is 11.6 Å². The minimum Gasteiger partial charge on any atom is -0.397 e. The number of aromatic amines is 1. The molecule has 0 amide bonds. The fourth-order valence-electron chi connectivity index (χ4n) is 2.23. The fourth-order valence-corrected chi connectivity index (χ4v) is 2.43. The van der Waals surface area contributed by atoms with Gasteiger partial charge in [0.2, 0.25) is 0 Å². The average molecular weight is 287 g/mol. The van der Waals surface area contributed by atoms with Crippen molar-refractivity contribution >= 4 is 33.9 Å². The second-order valence-electron chi connectivity index (χ2n) is 4.82. The van der Waals surface area contributed by atoms with Crippen LogP contribution in [0.5, 0.6) is 0 Å². The van der Waals surface area contributed by atoms with Gasteiger partial charge in [0.1, 0.15) is 0 Å². The van der Waals surface area contributed by atoms with E-state index in [2.05, 4.69) is 22.4 Å². The van der Waals surface area contributed by atoms with Crippen LogP contribution in [0.3, 0.4) is 0 Å². The third-order valence-electron chi connectivity index (χ3n) is 3.33. The third-order valence-corrected chi connectivity index (χ3v) is 3.57. The predicted octanol–water partition coefficient (Wildman–Crippen LogP) is 3.97. The summed E-state index contributed by atoms with van der Waals surface area (Å²) in [7, 11) is 0. The number of halogens is 1. The molecular formula is C15H15ClN4. The number of nitrogens with zero attached hydrogens (tertiary/aromatic N) is 1. The van der Waals surface area contributed by atoms with E-state index in [4.69, 9.17) is 17.3 Å². The summed E-state index contributed by atoms with van der Waals surface area (Å²) in [6, 6.07) is 11.8. The Balaban J connectivity index is 1.90. The van der Waals surface area contributed by atoms with Crippen molar-refractivity contribution in [2.75, 3.05) is 11.1 Å². The average Bonchev–Trinajstić information content (AvgIpc) is 2.86. The van der Waals surface area contributed by atoms with E-state index in [-0.39, 0.29) is 6.04 Å². The van der Waals surface area contributed by atoms with Gasteiger partial charge in [0.05, 0.1) is 23.1 Å². The van der Waals surface area contributed by atoms with Crippen molar-refractivity contribution in [2.24, 2.45) is 0 Å². The van der Waals surface area contributed by atoms with Crippen LogP contribution in [0.15, 0.2) is 42.6 Å². The van der Waals surface area contributed by atoms with Gasteiger partial charge in [-0.25, -0.2) is 0 Å². The summed E-state index contributed by atoms with van der Waals surface area (Å²) in [5, 5.41) is 12.1. The molecule has 0 radical (unpaired) electrons. The lowest BCUT2D eigenvalue weighted by molar-refractivity contribution is 0.886. The molecule has 4 N–H and O–H groups in total. The molecule has 0 aliphatic rings. The highest BCUT2D eigenvalue weighted by atomic mass is 35.5. The first-order valence-electron chi connectivity index (χ1n) is 6.38. The molecule has 1 atom stereocenters. The zero-order valence-electron chi connectivity index (χ0n) is 11.0. The number of nitrogens with two attached hydrogens (primary N) is 1. The van der Waals surface area contributed by atoms with Crippen molar-refractivity contribution in [1.82, 2.24) is 10.2 Å². The van der Waals surface area contributed by atoms with Gasteiger partial charge < -0.3 is 11.1 Å². The van der Waals surface area contributed by atoms with Crippen LogP contribution in [0, 0.1) is 0 Å². The summed E-state index contributed by atoms with van der Waals surface area (Å²) in [5.74, 6) is 0. The normalized spacial score (nSPS) is 12.5. The van der Waals surface area contributed by atoms with Gasteiger partial charge in [0.25, 0.3) is 0 Å². The molecular weight excluding hydrogens is 272 g/mol. The number of nitrogens with one attached hydrogen (secondary N) is 2. The second kappa shape index (κ2) is 5.06. The summed E-state index contributed by atoms with van der Waals surface area (Å²) >= 11 is 6.02. The Bertz CT molecular complexity index is 750. The summed E-state index contributed by atoms with van der Waals surface area (Å²) in [4.78, 5) is 0. The van der Waals surface area contributed by atoms with E-state index in [1.165, 1.54) is 0 Å². The summed E-state index contributed by atoms with van der Waals surface area (Å²) < 4.78 is 0. The molecule has 0 saturated heterocycles. The third kappa shape index (κ3) is 2.42. The minimum atomic E-state index is 0.108. The molecule has 2 aromatic carbocycles. The van der Waals surface area contributed by atoms with Gasteiger partial charge >= 0.3 is 0 Å². The number of fused-ring (bicyclic) bond motifs is 1. The Hall–Kier alpha value is -2.20. The van der Waals surface area contributed by atoms with Crippen molar-refractivity contribution in [2.45, 2.75) is 13.0 Å². The number of hydrogen-bond acceptors (Lipinski definition) is 3. The molecule has 20 heavy (non-hydrogen) atoms. The number of hydrogen-bond donors (Lipinski definition) is 3. The molecule has 3 rings (SSSR count). The molecule has 0 bridgehead atoms. The van der Waals surface area contributed by atoms with Gasteiger partial charge in [-0.3, -0.25) is 5.10 Å². The molecule has 3 aromatic rings. The van der Waals surface area contributed by atoms with Crippen LogP contribution < -0.4 is 11.1 Å². The van der Waals surface area contributed by atoms with Crippen LogP contribution in [0.1, 0.15) is 18.5 Å². The Morgan fingerprint density at radius 2 is 2.15 bits per heavy atom. The Kier molecular flexibility index (Phi) is 3.24. The largest absolute Gasteiger partial charge is 0.397 e.